The fourth-order valence-corrected chi connectivity index (χ4v) is 3.54. The summed E-state index contributed by atoms with van der Waals surface area (Å²) in [6, 6.07) is 12.1. The fourth-order valence-electron chi connectivity index (χ4n) is 2.67. The van der Waals surface area contributed by atoms with Gasteiger partial charge in [-0.1, -0.05) is 0 Å². The van der Waals surface area contributed by atoms with Crippen LogP contribution in [0.25, 0.3) is 5.69 Å². The second kappa shape index (κ2) is 7.92. The van der Waals surface area contributed by atoms with E-state index in [0.29, 0.717) is 28.6 Å². The van der Waals surface area contributed by atoms with E-state index in [9.17, 15) is 9.90 Å². The minimum absolute atomic E-state index is 0.157. The number of methoxy groups -OCH3 is 1. The number of hydrogen-bond donors (Lipinski definition) is 1. The quantitative estimate of drug-likeness (QED) is 0.480. The van der Waals surface area contributed by atoms with Gasteiger partial charge in [-0.15, -0.1) is 0 Å². The SMILES string of the molecule is COc1ccc(-[n+]2noc([O-])c2SC(C)C(=O)Nc2ccc3c(c2)OCO3)cc1. The Balaban J connectivity index is 1.48. The largest absolute Gasteiger partial charge is 0.538 e. The van der Waals surface area contributed by atoms with E-state index in [1.54, 1.807) is 56.5 Å². The van der Waals surface area contributed by atoms with Gasteiger partial charge in [0.05, 0.1) is 17.6 Å². The molecule has 1 unspecified atom stereocenters. The first-order valence-electron chi connectivity index (χ1n) is 8.66. The van der Waals surface area contributed by atoms with Crippen molar-refractivity contribution in [2.24, 2.45) is 0 Å². The Morgan fingerprint density at radius 1 is 1.24 bits per heavy atom. The summed E-state index contributed by atoms with van der Waals surface area (Å²) in [7, 11) is 1.57. The van der Waals surface area contributed by atoms with Crippen molar-refractivity contribution in [2.75, 3.05) is 19.2 Å². The molecule has 0 spiro atoms. The second-order valence-corrected chi connectivity index (χ2v) is 7.42. The van der Waals surface area contributed by atoms with E-state index >= 15 is 0 Å². The molecular weight excluding hydrogens is 398 g/mol. The monoisotopic (exact) mass is 415 g/mol. The molecule has 3 aromatic rings. The van der Waals surface area contributed by atoms with Crippen molar-refractivity contribution in [1.82, 2.24) is 5.27 Å². The van der Waals surface area contributed by atoms with Crippen LogP contribution in [0.3, 0.4) is 0 Å². The van der Waals surface area contributed by atoms with Crippen LogP contribution in [0.4, 0.5) is 5.69 Å². The predicted molar refractivity (Wildman–Crippen MR) is 101 cm³/mol. The van der Waals surface area contributed by atoms with Crippen molar-refractivity contribution in [1.29, 1.82) is 0 Å². The Kier molecular flexibility index (Phi) is 5.17. The smallest absolute Gasteiger partial charge is 0.298 e. The normalized spacial score (nSPS) is 13.2. The third-order valence-electron chi connectivity index (χ3n) is 4.19. The maximum atomic E-state index is 12.6. The molecule has 1 aliphatic rings. The first kappa shape index (κ1) is 18.9. The zero-order valence-corrected chi connectivity index (χ0v) is 16.4. The third kappa shape index (κ3) is 3.92. The highest BCUT2D eigenvalue weighted by molar-refractivity contribution is 8.00. The maximum Gasteiger partial charge on any atom is 0.298 e. The van der Waals surface area contributed by atoms with Crippen molar-refractivity contribution in [2.45, 2.75) is 17.2 Å². The van der Waals surface area contributed by atoms with Crippen LogP contribution in [-0.2, 0) is 4.79 Å². The van der Waals surface area contributed by atoms with E-state index in [1.165, 1.54) is 4.68 Å². The van der Waals surface area contributed by atoms with Crippen LogP contribution in [0, 0.1) is 0 Å². The van der Waals surface area contributed by atoms with Crippen molar-refractivity contribution >= 4 is 23.4 Å². The van der Waals surface area contributed by atoms with Gasteiger partial charge in [0.15, 0.2) is 17.4 Å². The number of carbonyl (C=O) groups excluding carboxylic acids is 1. The molecule has 4 rings (SSSR count). The Bertz CT molecular complexity index is 1040. The van der Waals surface area contributed by atoms with Crippen molar-refractivity contribution in [3.63, 3.8) is 0 Å². The molecule has 29 heavy (non-hydrogen) atoms. The number of ether oxygens (including phenoxy) is 3. The lowest BCUT2D eigenvalue weighted by molar-refractivity contribution is -0.705. The number of fused-ring (bicyclic) bond motifs is 1. The molecule has 0 radical (unpaired) electrons. The molecule has 0 saturated carbocycles. The Hall–Kier alpha value is -3.40. The average molecular weight is 415 g/mol. The van der Waals surface area contributed by atoms with Crippen LogP contribution in [-0.4, -0.2) is 30.3 Å². The van der Waals surface area contributed by atoms with Gasteiger partial charge in [-0.2, -0.15) is 0 Å². The number of nitrogens with zero attached hydrogens (tertiary/aromatic N) is 2. The van der Waals surface area contributed by atoms with Crippen LogP contribution >= 0.6 is 11.8 Å². The Morgan fingerprint density at radius 2 is 2.00 bits per heavy atom. The number of hydrogen-bond acceptors (Lipinski definition) is 8. The standard InChI is InChI=1S/C19H17N3O6S/c1-11(17(23)20-12-3-8-15-16(9-12)27-10-26-15)29-18-19(24)28-21-22(18)13-4-6-14(25-2)7-5-13/h3-9,11H,10H2,1-2H3,(H-,20,21,23,24). The summed E-state index contributed by atoms with van der Waals surface area (Å²) in [6.07, 6.45) is 0. The molecule has 1 N–H and O–H groups in total. The first-order chi connectivity index (χ1) is 14.0. The van der Waals surface area contributed by atoms with Crippen LogP contribution in [0.15, 0.2) is 52.0 Å². The number of rotatable bonds is 6. The van der Waals surface area contributed by atoms with Gasteiger partial charge in [0, 0.05) is 23.9 Å². The van der Waals surface area contributed by atoms with Gasteiger partial charge in [-0.25, -0.2) is 0 Å². The van der Waals surface area contributed by atoms with Gasteiger partial charge in [0.25, 0.3) is 5.03 Å². The van der Waals surface area contributed by atoms with Gasteiger partial charge in [0.2, 0.25) is 18.4 Å². The molecule has 1 aromatic heterocycles. The molecule has 0 bridgehead atoms. The zero-order chi connectivity index (χ0) is 20.4. The van der Waals surface area contributed by atoms with Crippen molar-refractivity contribution < 1.29 is 33.3 Å². The molecule has 0 aliphatic carbocycles. The number of aromatic nitrogens is 2. The summed E-state index contributed by atoms with van der Waals surface area (Å²) in [4.78, 5) is 12.6. The molecule has 1 aliphatic heterocycles. The van der Waals surface area contributed by atoms with Gasteiger partial charge >= 0.3 is 0 Å². The molecule has 0 fully saturated rings. The van der Waals surface area contributed by atoms with Crippen molar-refractivity contribution in [3.8, 4) is 28.9 Å². The molecule has 10 heteroatoms. The summed E-state index contributed by atoms with van der Waals surface area (Å²) in [5.41, 5.74) is 1.19. The highest BCUT2D eigenvalue weighted by atomic mass is 32.2. The van der Waals surface area contributed by atoms with Gasteiger partial charge in [-0.05, 0) is 47.6 Å². The molecule has 9 nitrogen and oxygen atoms in total. The number of carbonyl (C=O) groups is 1. The van der Waals surface area contributed by atoms with Crippen LogP contribution < -0.4 is 29.3 Å². The minimum atomic E-state index is -0.617. The number of nitrogens with one attached hydrogen (secondary N) is 1. The lowest BCUT2D eigenvalue weighted by Crippen LogP contribution is -2.36. The minimum Gasteiger partial charge on any atom is -0.538 e. The van der Waals surface area contributed by atoms with E-state index in [1.807, 2.05) is 0 Å². The average Bonchev–Trinajstić information content (AvgIpc) is 3.34. The summed E-state index contributed by atoms with van der Waals surface area (Å²) < 4.78 is 21.9. The topological polar surface area (TPSA) is 110 Å². The van der Waals surface area contributed by atoms with E-state index in [-0.39, 0.29) is 17.7 Å². The first-order valence-corrected chi connectivity index (χ1v) is 9.54. The number of amides is 1. The van der Waals surface area contributed by atoms with Gasteiger partial charge < -0.3 is 29.2 Å². The summed E-state index contributed by atoms with van der Waals surface area (Å²) >= 11 is 1.06. The van der Waals surface area contributed by atoms with E-state index in [2.05, 4.69) is 10.6 Å². The molecule has 150 valence electrons. The van der Waals surface area contributed by atoms with Crippen LogP contribution in [0.5, 0.6) is 23.2 Å². The van der Waals surface area contributed by atoms with E-state index in [4.69, 9.17) is 18.7 Å². The second-order valence-electron chi connectivity index (χ2n) is 6.09. The summed E-state index contributed by atoms with van der Waals surface area (Å²) in [5, 5.41) is 18.3. The Labute approximate surface area is 170 Å². The molecule has 1 atom stereocenters. The highest BCUT2D eigenvalue weighted by Crippen LogP contribution is 2.35. The highest BCUT2D eigenvalue weighted by Gasteiger charge is 2.27. The maximum absolute atomic E-state index is 12.6. The number of anilines is 1. The lowest BCUT2D eigenvalue weighted by atomic mass is 10.2. The summed E-state index contributed by atoms with van der Waals surface area (Å²) in [6.45, 7) is 1.85. The summed E-state index contributed by atoms with van der Waals surface area (Å²) in [5.74, 6) is 0.975. The van der Waals surface area contributed by atoms with Crippen molar-refractivity contribution in [3.05, 3.63) is 42.5 Å². The molecule has 1 amide bonds. The molecule has 0 saturated heterocycles. The van der Waals surface area contributed by atoms with Crippen LogP contribution in [0.2, 0.25) is 0 Å². The zero-order valence-electron chi connectivity index (χ0n) is 15.6. The van der Waals surface area contributed by atoms with Gasteiger partial charge in [-0.3, -0.25) is 4.79 Å². The number of benzene rings is 2. The van der Waals surface area contributed by atoms with Gasteiger partial charge in [0.1, 0.15) is 5.75 Å². The van der Waals surface area contributed by atoms with Crippen LogP contribution in [0.1, 0.15) is 6.92 Å². The molecular formula is C19H17N3O6S. The fraction of sp³-hybridized carbons (Fsp3) is 0.211. The Morgan fingerprint density at radius 3 is 2.76 bits per heavy atom. The predicted octanol–water partition coefficient (Wildman–Crippen LogP) is 1.88. The van der Waals surface area contributed by atoms with E-state index in [0.717, 1.165) is 11.8 Å². The molecule has 2 aromatic carbocycles. The lowest BCUT2D eigenvalue weighted by Gasteiger charge is -2.11. The molecule has 2 heterocycles. The number of thioether (sulfide) groups is 1. The van der Waals surface area contributed by atoms with E-state index < -0.39 is 11.2 Å². The third-order valence-corrected chi connectivity index (χ3v) is 5.32.